The smallest absolute Gasteiger partial charge is 0.331 e. The summed E-state index contributed by atoms with van der Waals surface area (Å²) >= 11 is 0. The first-order chi connectivity index (χ1) is 13.1. The Morgan fingerprint density at radius 2 is 1.81 bits per heavy atom. The molecular weight excluding hydrogens is 342 g/mol. The topological polar surface area (TPSA) is 55.8 Å². The van der Waals surface area contributed by atoms with Crippen molar-refractivity contribution in [3.8, 4) is 0 Å². The molecule has 3 rings (SSSR count). The first kappa shape index (κ1) is 18.9. The molecule has 0 aliphatic carbocycles. The number of aryl methyl sites for hydroxylation is 1. The molecule has 1 fully saturated rings. The van der Waals surface area contributed by atoms with Crippen molar-refractivity contribution in [2.24, 2.45) is 0 Å². The number of benzene rings is 2. The molecule has 0 N–H and O–H groups in total. The molecule has 1 amide bonds. The van der Waals surface area contributed by atoms with E-state index in [-0.39, 0.29) is 5.91 Å². The molecule has 0 unspecified atom stereocenters. The van der Waals surface area contributed by atoms with Gasteiger partial charge >= 0.3 is 5.97 Å². The van der Waals surface area contributed by atoms with Gasteiger partial charge in [0.05, 0.1) is 13.2 Å². The highest BCUT2D eigenvalue weighted by Gasteiger charge is 2.29. The molecule has 0 radical (unpaired) electrons. The zero-order chi connectivity index (χ0) is 19.1. The molecule has 0 spiro atoms. The van der Waals surface area contributed by atoms with E-state index < -0.39 is 12.1 Å². The zero-order valence-electron chi connectivity index (χ0n) is 15.3. The number of rotatable bonds is 5. The minimum atomic E-state index is -0.959. The number of hydrogen-bond donors (Lipinski definition) is 0. The van der Waals surface area contributed by atoms with E-state index in [1.54, 1.807) is 23.1 Å². The van der Waals surface area contributed by atoms with Crippen LogP contribution in [0, 0.1) is 6.92 Å². The molecule has 0 bridgehead atoms. The Kier molecular flexibility index (Phi) is 6.39. The van der Waals surface area contributed by atoms with Crippen molar-refractivity contribution in [3.63, 3.8) is 0 Å². The van der Waals surface area contributed by atoms with E-state index in [4.69, 9.17) is 9.47 Å². The number of hydrogen-bond acceptors (Lipinski definition) is 4. The minimum absolute atomic E-state index is 0.221. The highest BCUT2D eigenvalue weighted by atomic mass is 16.5. The maximum absolute atomic E-state index is 12.9. The van der Waals surface area contributed by atoms with Gasteiger partial charge in [0.25, 0.3) is 5.91 Å². The van der Waals surface area contributed by atoms with Gasteiger partial charge in [0.15, 0.2) is 0 Å². The molecule has 0 aromatic heterocycles. The summed E-state index contributed by atoms with van der Waals surface area (Å²) in [5.41, 5.74) is 2.67. The second-order valence-electron chi connectivity index (χ2n) is 6.41. The normalized spacial score (nSPS) is 15.5. The summed E-state index contributed by atoms with van der Waals surface area (Å²) in [6.07, 6.45) is 2.09. The Bertz CT molecular complexity index is 810. The largest absolute Gasteiger partial charge is 0.444 e. The van der Waals surface area contributed by atoms with Gasteiger partial charge in [-0.15, -0.1) is 0 Å². The van der Waals surface area contributed by atoms with Crippen molar-refractivity contribution >= 4 is 18.0 Å². The third-order valence-electron chi connectivity index (χ3n) is 4.34. The number of nitrogens with zero attached hydrogens (tertiary/aromatic N) is 1. The van der Waals surface area contributed by atoms with Crippen LogP contribution in [0.3, 0.4) is 0 Å². The van der Waals surface area contributed by atoms with Crippen molar-refractivity contribution in [2.75, 3.05) is 26.3 Å². The lowest BCUT2D eigenvalue weighted by atomic mass is 10.1. The van der Waals surface area contributed by atoms with Crippen LogP contribution in [0.4, 0.5) is 0 Å². The lowest BCUT2D eigenvalue weighted by molar-refractivity contribution is -0.159. The fourth-order valence-electron chi connectivity index (χ4n) is 2.93. The van der Waals surface area contributed by atoms with Crippen LogP contribution in [-0.4, -0.2) is 43.1 Å². The summed E-state index contributed by atoms with van der Waals surface area (Å²) in [4.78, 5) is 27.0. The summed E-state index contributed by atoms with van der Waals surface area (Å²) in [6.45, 7) is 3.97. The number of amides is 1. The van der Waals surface area contributed by atoms with Gasteiger partial charge in [0.1, 0.15) is 0 Å². The first-order valence-electron chi connectivity index (χ1n) is 9.00. The molecule has 1 aliphatic rings. The van der Waals surface area contributed by atoms with Crippen LogP contribution >= 0.6 is 0 Å². The second kappa shape index (κ2) is 9.14. The monoisotopic (exact) mass is 365 g/mol. The van der Waals surface area contributed by atoms with Crippen molar-refractivity contribution in [2.45, 2.75) is 13.0 Å². The molecule has 2 aromatic rings. The molecular formula is C22H23NO4. The maximum Gasteiger partial charge on any atom is 0.331 e. The summed E-state index contributed by atoms with van der Waals surface area (Å²) < 4.78 is 10.8. The molecule has 27 heavy (non-hydrogen) atoms. The van der Waals surface area contributed by atoms with Crippen molar-refractivity contribution in [1.82, 2.24) is 4.90 Å². The number of esters is 1. The SMILES string of the molecule is Cc1cccc(/C=C/C(=O)O[C@@H](C(=O)N2CCOCC2)c2ccccc2)c1. The fourth-order valence-corrected chi connectivity index (χ4v) is 2.93. The van der Waals surface area contributed by atoms with Gasteiger partial charge in [-0.3, -0.25) is 4.79 Å². The quantitative estimate of drug-likeness (QED) is 0.603. The predicted molar refractivity (Wildman–Crippen MR) is 103 cm³/mol. The Balaban J connectivity index is 1.74. The van der Waals surface area contributed by atoms with Crippen LogP contribution in [-0.2, 0) is 19.1 Å². The van der Waals surface area contributed by atoms with Gasteiger partial charge in [-0.1, -0.05) is 60.2 Å². The summed E-state index contributed by atoms with van der Waals surface area (Å²) in [5.74, 6) is -0.770. The number of morpholine rings is 1. The van der Waals surface area contributed by atoms with Crippen molar-refractivity contribution in [1.29, 1.82) is 0 Å². The van der Waals surface area contributed by atoms with E-state index in [0.717, 1.165) is 11.1 Å². The van der Waals surface area contributed by atoms with E-state index in [9.17, 15) is 9.59 Å². The Morgan fingerprint density at radius 3 is 2.52 bits per heavy atom. The van der Waals surface area contributed by atoms with Gasteiger partial charge < -0.3 is 14.4 Å². The van der Waals surface area contributed by atoms with E-state index in [1.165, 1.54) is 6.08 Å². The van der Waals surface area contributed by atoms with Gasteiger partial charge in [-0.25, -0.2) is 4.79 Å². The predicted octanol–water partition coefficient (Wildman–Crippen LogP) is 3.15. The molecule has 2 aromatic carbocycles. The standard InChI is InChI=1S/C22H23NO4/c1-17-6-5-7-18(16-17)10-11-20(24)27-21(19-8-3-2-4-9-19)22(25)23-12-14-26-15-13-23/h2-11,16,21H,12-15H2,1H3/b11-10+/t21-/m1/s1. The Morgan fingerprint density at radius 1 is 1.07 bits per heavy atom. The highest BCUT2D eigenvalue weighted by molar-refractivity contribution is 5.91. The number of ether oxygens (including phenoxy) is 2. The molecule has 1 aliphatic heterocycles. The third-order valence-corrected chi connectivity index (χ3v) is 4.34. The van der Waals surface area contributed by atoms with Crippen LogP contribution in [0.2, 0.25) is 0 Å². The maximum atomic E-state index is 12.9. The Hall–Kier alpha value is -2.92. The third kappa shape index (κ3) is 5.28. The van der Waals surface area contributed by atoms with Crippen molar-refractivity contribution in [3.05, 3.63) is 77.4 Å². The van der Waals surface area contributed by atoms with Gasteiger partial charge in [0.2, 0.25) is 6.10 Å². The summed E-state index contributed by atoms with van der Waals surface area (Å²) in [7, 11) is 0. The molecule has 5 nitrogen and oxygen atoms in total. The van der Waals surface area contributed by atoms with Gasteiger partial charge in [-0.2, -0.15) is 0 Å². The van der Waals surface area contributed by atoms with E-state index in [1.807, 2.05) is 49.4 Å². The second-order valence-corrected chi connectivity index (χ2v) is 6.41. The van der Waals surface area contributed by atoms with E-state index >= 15 is 0 Å². The molecule has 1 heterocycles. The van der Waals surface area contributed by atoms with E-state index in [2.05, 4.69) is 0 Å². The zero-order valence-corrected chi connectivity index (χ0v) is 15.3. The van der Waals surface area contributed by atoms with Crippen molar-refractivity contribution < 1.29 is 19.1 Å². The lowest BCUT2D eigenvalue weighted by Crippen LogP contribution is -2.44. The van der Waals surface area contributed by atoms with Crippen LogP contribution in [0.15, 0.2) is 60.7 Å². The minimum Gasteiger partial charge on any atom is -0.444 e. The lowest BCUT2D eigenvalue weighted by Gasteiger charge is -2.30. The van der Waals surface area contributed by atoms with Crippen LogP contribution < -0.4 is 0 Å². The summed E-state index contributed by atoms with van der Waals surface area (Å²) in [5, 5.41) is 0. The molecule has 1 atom stereocenters. The summed E-state index contributed by atoms with van der Waals surface area (Å²) in [6, 6.07) is 16.9. The van der Waals surface area contributed by atoms with E-state index in [0.29, 0.717) is 31.9 Å². The molecule has 0 saturated carbocycles. The molecule has 140 valence electrons. The van der Waals surface area contributed by atoms with Crippen LogP contribution in [0.5, 0.6) is 0 Å². The number of carbonyl (C=O) groups excluding carboxylic acids is 2. The number of carbonyl (C=O) groups is 2. The van der Waals surface area contributed by atoms with Crippen LogP contribution in [0.25, 0.3) is 6.08 Å². The van der Waals surface area contributed by atoms with Gasteiger partial charge in [-0.05, 0) is 18.6 Å². The average Bonchev–Trinajstić information content (AvgIpc) is 2.71. The first-order valence-corrected chi connectivity index (χ1v) is 9.00. The Labute approximate surface area is 159 Å². The average molecular weight is 365 g/mol. The fraction of sp³-hybridized carbons (Fsp3) is 0.273. The molecule has 1 saturated heterocycles. The molecule has 5 heteroatoms. The highest BCUT2D eigenvalue weighted by Crippen LogP contribution is 2.21. The van der Waals surface area contributed by atoms with Gasteiger partial charge in [0, 0.05) is 24.7 Å². The van der Waals surface area contributed by atoms with Crippen LogP contribution in [0.1, 0.15) is 22.8 Å².